The number of hydrogen-bond acceptors (Lipinski definition) is 7. The van der Waals surface area contributed by atoms with Crippen molar-refractivity contribution in [2.75, 3.05) is 39.6 Å². The molecule has 4 fully saturated rings. The van der Waals surface area contributed by atoms with Crippen molar-refractivity contribution in [2.24, 2.45) is 0 Å². The third-order valence-corrected chi connectivity index (χ3v) is 8.18. The summed E-state index contributed by atoms with van der Waals surface area (Å²) in [7, 11) is 0. The van der Waals surface area contributed by atoms with Gasteiger partial charge in [0.2, 0.25) is 6.29 Å². The number of epoxide rings is 2. The Bertz CT molecular complexity index is 1550. The summed E-state index contributed by atoms with van der Waals surface area (Å²) in [6.45, 7) is 4.16. The third kappa shape index (κ3) is 4.99. The standard InChI is InChI=1S/C33H32O7/c1-2-22(30-9-11-34-30)13-26-20(1)4-7-31(39-19-25-18-38-25)28(26)15-29-27-14-23(36-16-24-17-37-24)6-3-21(27)5-8-32(29)40-33-10-12-35-33/h1-8,13-14,24-25,30,33H,9-12,15-19H2. The van der Waals surface area contributed by atoms with Crippen molar-refractivity contribution in [3.63, 3.8) is 0 Å². The highest BCUT2D eigenvalue weighted by Crippen LogP contribution is 2.40. The van der Waals surface area contributed by atoms with Crippen LogP contribution in [0.25, 0.3) is 21.5 Å². The van der Waals surface area contributed by atoms with E-state index in [2.05, 4.69) is 54.6 Å². The zero-order chi connectivity index (χ0) is 26.5. The fourth-order valence-electron chi connectivity index (χ4n) is 5.45. The number of rotatable bonds is 11. The second-order valence-corrected chi connectivity index (χ2v) is 11.0. The molecule has 8 rings (SSSR count). The van der Waals surface area contributed by atoms with Crippen molar-refractivity contribution in [1.29, 1.82) is 0 Å². The zero-order valence-electron chi connectivity index (χ0n) is 22.3. The molecule has 4 unspecified atom stereocenters. The maximum atomic E-state index is 6.39. The highest BCUT2D eigenvalue weighted by molar-refractivity contribution is 5.92. The molecule has 4 atom stereocenters. The monoisotopic (exact) mass is 540 g/mol. The minimum atomic E-state index is -0.222. The van der Waals surface area contributed by atoms with Gasteiger partial charge in [-0.25, -0.2) is 0 Å². The molecule has 0 radical (unpaired) electrons. The molecule has 0 spiro atoms. The first kappa shape index (κ1) is 24.4. The zero-order valence-corrected chi connectivity index (χ0v) is 22.3. The first-order chi connectivity index (χ1) is 19.8. The van der Waals surface area contributed by atoms with Crippen LogP contribution in [-0.4, -0.2) is 58.1 Å². The SMILES string of the molecule is c1cc2ccc(OC3CCO3)c(Cc3c(OCC4CO4)ccc4ccc(C5CCO5)cc34)c2cc1OCC1CO1. The van der Waals surface area contributed by atoms with Gasteiger partial charge in [-0.1, -0.05) is 30.3 Å². The molecule has 40 heavy (non-hydrogen) atoms. The molecule has 4 saturated heterocycles. The average Bonchev–Trinajstić information content (AvgIpc) is 3.84. The molecule has 4 aliphatic heterocycles. The van der Waals surface area contributed by atoms with Gasteiger partial charge < -0.3 is 33.2 Å². The van der Waals surface area contributed by atoms with Crippen molar-refractivity contribution in [3.05, 3.63) is 77.4 Å². The second kappa shape index (κ2) is 10.2. The molecule has 0 N–H and O–H groups in total. The molecule has 7 heteroatoms. The lowest BCUT2D eigenvalue weighted by atomic mass is 9.91. The Morgan fingerprint density at radius 1 is 0.650 bits per heavy atom. The van der Waals surface area contributed by atoms with E-state index in [-0.39, 0.29) is 24.6 Å². The Morgan fingerprint density at radius 2 is 1.27 bits per heavy atom. The Morgan fingerprint density at radius 3 is 1.95 bits per heavy atom. The number of benzene rings is 4. The Hall–Kier alpha value is -3.36. The van der Waals surface area contributed by atoms with Gasteiger partial charge in [0, 0.05) is 30.4 Å². The maximum absolute atomic E-state index is 6.39. The van der Waals surface area contributed by atoms with Gasteiger partial charge in [-0.15, -0.1) is 0 Å². The summed E-state index contributed by atoms with van der Waals surface area (Å²) >= 11 is 0. The molecule has 4 heterocycles. The normalized spacial score (nSPS) is 24.8. The fraction of sp³-hybridized carbons (Fsp3) is 0.394. The van der Waals surface area contributed by atoms with E-state index >= 15 is 0 Å². The average molecular weight is 541 g/mol. The van der Waals surface area contributed by atoms with E-state index in [0.717, 1.165) is 78.4 Å². The van der Waals surface area contributed by atoms with Crippen LogP contribution < -0.4 is 14.2 Å². The molecule has 0 aromatic heterocycles. The molecule has 206 valence electrons. The Balaban J connectivity index is 1.24. The summed E-state index contributed by atoms with van der Waals surface area (Å²) in [6.07, 6.45) is 2.86. The quantitative estimate of drug-likeness (QED) is 0.225. The molecular formula is C33H32O7. The smallest absolute Gasteiger partial charge is 0.202 e. The predicted molar refractivity (Wildman–Crippen MR) is 149 cm³/mol. The van der Waals surface area contributed by atoms with Gasteiger partial charge in [0.15, 0.2) is 0 Å². The summed E-state index contributed by atoms with van der Waals surface area (Å²) in [5, 5.41) is 4.57. The minimum Gasteiger partial charge on any atom is -0.491 e. The van der Waals surface area contributed by atoms with Crippen LogP contribution in [0.15, 0.2) is 60.7 Å². The van der Waals surface area contributed by atoms with E-state index in [1.54, 1.807) is 0 Å². The summed E-state index contributed by atoms with van der Waals surface area (Å²) in [6, 6.07) is 21.3. The first-order valence-electron chi connectivity index (χ1n) is 14.3. The highest BCUT2D eigenvalue weighted by atomic mass is 16.7. The summed E-state index contributed by atoms with van der Waals surface area (Å²) in [4.78, 5) is 0. The molecule has 7 nitrogen and oxygen atoms in total. The van der Waals surface area contributed by atoms with Crippen LogP contribution in [-0.2, 0) is 25.4 Å². The molecule has 0 saturated carbocycles. The molecular weight excluding hydrogens is 508 g/mol. The third-order valence-electron chi connectivity index (χ3n) is 8.18. The van der Waals surface area contributed by atoms with Crippen LogP contribution in [0.3, 0.4) is 0 Å². The Labute approximate surface area is 232 Å². The van der Waals surface area contributed by atoms with Crippen LogP contribution in [0.1, 0.15) is 35.6 Å². The van der Waals surface area contributed by atoms with Crippen LogP contribution in [0.2, 0.25) is 0 Å². The molecule has 4 aromatic carbocycles. The summed E-state index contributed by atoms with van der Waals surface area (Å²) in [5.74, 6) is 2.52. The van der Waals surface area contributed by atoms with Crippen LogP contribution in [0, 0.1) is 0 Å². The van der Waals surface area contributed by atoms with E-state index in [0.29, 0.717) is 19.6 Å². The van der Waals surface area contributed by atoms with Crippen LogP contribution in [0.5, 0.6) is 17.2 Å². The predicted octanol–water partition coefficient (Wildman–Crippen LogP) is 5.73. The largest absolute Gasteiger partial charge is 0.491 e. The number of hydrogen-bond donors (Lipinski definition) is 0. The minimum absolute atomic E-state index is 0.157. The highest BCUT2D eigenvalue weighted by Gasteiger charge is 2.27. The van der Waals surface area contributed by atoms with Gasteiger partial charge in [0.1, 0.15) is 42.7 Å². The van der Waals surface area contributed by atoms with E-state index in [1.165, 1.54) is 16.3 Å². The van der Waals surface area contributed by atoms with Gasteiger partial charge in [-0.3, -0.25) is 0 Å². The molecule has 0 amide bonds. The van der Waals surface area contributed by atoms with Gasteiger partial charge in [-0.05, 0) is 57.4 Å². The van der Waals surface area contributed by atoms with Gasteiger partial charge in [-0.2, -0.15) is 0 Å². The van der Waals surface area contributed by atoms with Crippen molar-refractivity contribution >= 4 is 21.5 Å². The first-order valence-corrected chi connectivity index (χ1v) is 14.3. The van der Waals surface area contributed by atoms with Crippen molar-refractivity contribution in [1.82, 2.24) is 0 Å². The molecule has 0 bridgehead atoms. The fourth-order valence-corrected chi connectivity index (χ4v) is 5.45. The van der Waals surface area contributed by atoms with E-state index in [1.807, 2.05) is 6.07 Å². The van der Waals surface area contributed by atoms with Crippen molar-refractivity contribution in [2.45, 2.75) is 43.9 Å². The maximum Gasteiger partial charge on any atom is 0.202 e. The Kier molecular flexibility index (Phi) is 6.25. The van der Waals surface area contributed by atoms with Crippen LogP contribution in [0.4, 0.5) is 0 Å². The number of ether oxygens (including phenoxy) is 7. The van der Waals surface area contributed by atoms with Crippen molar-refractivity contribution in [3.8, 4) is 17.2 Å². The van der Waals surface area contributed by atoms with E-state index in [9.17, 15) is 0 Å². The summed E-state index contributed by atoms with van der Waals surface area (Å²) < 4.78 is 41.1. The number of fused-ring (bicyclic) bond motifs is 2. The topological polar surface area (TPSA) is 71.2 Å². The van der Waals surface area contributed by atoms with Gasteiger partial charge in [0.25, 0.3) is 0 Å². The molecule has 0 aliphatic carbocycles. The van der Waals surface area contributed by atoms with E-state index in [4.69, 9.17) is 33.2 Å². The van der Waals surface area contributed by atoms with Crippen LogP contribution >= 0.6 is 0 Å². The van der Waals surface area contributed by atoms with E-state index < -0.39 is 0 Å². The summed E-state index contributed by atoms with van der Waals surface area (Å²) in [5.41, 5.74) is 3.42. The molecule has 4 aromatic rings. The van der Waals surface area contributed by atoms with Gasteiger partial charge in [0.05, 0.1) is 32.5 Å². The lowest BCUT2D eigenvalue weighted by Crippen LogP contribution is -2.32. The lowest BCUT2D eigenvalue weighted by molar-refractivity contribution is -0.165. The molecule has 4 aliphatic rings. The lowest BCUT2D eigenvalue weighted by Gasteiger charge is -2.29. The van der Waals surface area contributed by atoms with Crippen molar-refractivity contribution < 1.29 is 33.2 Å². The second-order valence-electron chi connectivity index (χ2n) is 11.0. The van der Waals surface area contributed by atoms with Gasteiger partial charge >= 0.3 is 0 Å².